The fourth-order valence-electron chi connectivity index (χ4n) is 6.11. The number of nitrogens with zero attached hydrogens (tertiary/aromatic N) is 2. The van der Waals surface area contributed by atoms with Gasteiger partial charge in [0.1, 0.15) is 11.9 Å². The van der Waals surface area contributed by atoms with Gasteiger partial charge in [-0.25, -0.2) is 13.8 Å². The van der Waals surface area contributed by atoms with Crippen LogP contribution in [0.3, 0.4) is 0 Å². The number of nitrogens with one attached hydrogen (secondary N) is 2. The molecule has 0 bridgehead atoms. The lowest BCUT2D eigenvalue weighted by molar-refractivity contribution is -0.159. The molecule has 4 aliphatic rings. The van der Waals surface area contributed by atoms with Crippen molar-refractivity contribution in [3.05, 3.63) is 47.8 Å². The maximum atomic E-state index is 13.7. The molecular formula is C27H36F2N4O3. The Labute approximate surface area is 211 Å². The lowest BCUT2D eigenvalue weighted by Gasteiger charge is -2.52. The summed E-state index contributed by atoms with van der Waals surface area (Å²) in [5.41, 5.74) is 1.34. The largest absolute Gasteiger partial charge is 0.480 e. The Bertz CT molecular complexity index is 1010. The summed E-state index contributed by atoms with van der Waals surface area (Å²) in [5.74, 6) is -3.14. The summed E-state index contributed by atoms with van der Waals surface area (Å²) in [7, 11) is 0. The number of anilines is 1. The Morgan fingerprint density at radius 1 is 1.28 bits per heavy atom. The molecule has 4 heterocycles. The summed E-state index contributed by atoms with van der Waals surface area (Å²) in [6.45, 7) is 2.65. The van der Waals surface area contributed by atoms with Crippen LogP contribution < -0.4 is 10.6 Å². The highest BCUT2D eigenvalue weighted by molar-refractivity contribution is 5.77. The molecule has 36 heavy (non-hydrogen) atoms. The van der Waals surface area contributed by atoms with Crippen LogP contribution in [0.15, 0.2) is 36.6 Å². The van der Waals surface area contributed by atoms with Crippen LogP contribution in [0.1, 0.15) is 49.8 Å². The third-order valence-electron chi connectivity index (χ3n) is 8.04. The zero-order valence-electron chi connectivity index (χ0n) is 20.6. The van der Waals surface area contributed by atoms with Gasteiger partial charge in [0, 0.05) is 44.8 Å². The molecule has 0 aromatic carbocycles. The van der Waals surface area contributed by atoms with E-state index < -0.39 is 29.4 Å². The number of fused-ring (bicyclic) bond motifs is 1. The quantitative estimate of drug-likeness (QED) is 0.420. The van der Waals surface area contributed by atoms with Crippen molar-refractivity contribution in [2.24, 2.45) is 5.92 Å². The van der Waals surface area contributed by atoms with E-state index in [4.69, 9.17) is 9.72 Å². The van der Waals surface area contributed by atoms with E-state index in [1.807, 2.05) is 4.90 Å². The number of carbonyl (C=O) groups is 1. The number of aliphatic carboxylic acids is 1. The van der Waals surface area contributed by atoms with Crippen molar-refractivity contribution in [1.29, 1.82) is 0 Å². The fourth-order valence-corrected chi connectivity index (χ4v) is 6.11. The van der Waals surface area contributed by atoms with Gasteiger partial charge in [-0.1, -0.05) is 18.2 Å². The number of rotatable bonds is 10. The van der Waals surface area contributed by atoms with Crippen LogP contribution in [0.5, 0.6) is 0 Å². The molecule has 2 unspecified atom stereocenters. The van der Waals surface area contributed by atoms with Crippen LogP contribution >= 0.6 is 0 Å². The molecule has 3 N–H and O–H groups in total. The molecule has 196 valence electrons. The average molecular weight is 503 g/mol. The van der Waals surface area contributed by atoms with Crippen molar-refractivity contribution in [1.82, 2.24) is 15.2 Å². The number of hydrogen-bond donors (Lipinski definition) is 3. The van der Waals surface area contributed by atoms with E-state index in [0.717, 1.165) is 56.6 Å². The third-order valence-corrected chi connectivity index (χ3v) is 8.04. The Hall–Kier alpha value is -2.52. The SMILES string of the molecule is O=C(O)C(N1CC[C@@H](OCCCCc2ccc3c(n2)NCCC3)C1)C1(C2CC(F)(F)C2)C=CC=CN1. The summed E-state index contributed by atoms with van der Waals surface area (Å²) >= 11 is 0. The van der Waals surface area contributed by atoms with Gasteiger partial charge in [0.25, 0.3) is 0 Å². The molecule has 3 atom stereocenters. The fraction of sp³-hybridized carbons (Fsp3) is 0.630. The average Bonchev–Trinajstić information content (AvgIpc) is 3.30. The minimum atomic E-state index is -2.72. The molecule has 2 fully saturated rings. The molecule has 1 aliphatic carbocycles. The number of likely N-dealkylation sites (tertiary alicyclic amines) is 1. The Morgan fingerprint density at radius 2 is 2.14 bits per heavy atom. The maximum absolute atomic E-state index is 13.7. The molecule has 5 rings (SSSR count). The van der Waals surface area contributed by atoms with Crippen LogP contribution in [-0.2, 0) is 22.4 Å². The summed E-state index contributed by atoms with van der Waals surface area (Å²) in [4.78, 5) is 19.1. The Balaban J connectivity index is 1.11. The number of ether oxygens (including phenoxy) is 1. The minimum Gasteiger partial charge on any atom is -0.480 e. The van der Waals surface area contributed by atoms with Crippen LogP contribution in [0, 0.1) is 5.92 Å². The highest BCUT2D eigenvalue weighted by Crippen LogP contribution is 2.50. The first-order valence-corrected chi connectivity index (χ1v) is 13.2. The summed E-state index contributed by atoms with van der Waals surface area (Å²) in [5, 5.41) is 16.7. The summed E-state index contributed by atoms with van der Waals surface area (Å²) in [6, 6.07) is 3.36. The smallest absolute Gasteiger partial charge is 0.323 e. The monoisotopic (exact) mass is 502 g/mol. The van der Waals surface area contributed by atoms with Gasteiger partial charge in [0.15, 0.2) is 0 Å². The van der Waals surface area contributed by atoms with Crippen LogP contribution in [0.2, 0.25) is 0 Å². The number of halogens is 2. The molecule has 7 nitrogen and oxygen atoms in total. The van der Waals surface area contributed by atoms with Crippen LogP contribution in [-0.4, -0.2) is 70.8 Å². The molecule has 0 amide bonds. The lowest BCUT2D eigenvalue weighted by Crippen LogP contribution is -2.68. The number of allylic oxidation sites excluding steroid dienone is 2. The zero-order chi connectivity index (χ0) is 25.2. The predicted octanol–water partition coefficient (Wildman–Crippen LogP) is 3.76. The Kier molecular flexibility index (Phi) is 7.30. The molecule has 1 aromatic heterocycles. The van der Waals surface area contributed by atoms with Crippen molar-refractivity contribution in [3.8, 4) is 0 Å². The van der Waals surface area contributed by atoms with Crippen molar-refractivity contribution in [2.45, 2.75) is 75.0 Å². The van der Waals surface area contributed by atoms with E-state index in [1.165, 1.54) is 5.56 Å². The lowest BCUT2D eigenvalue weighted by atomic mass is 9.64. The van der Waals surface area contributed by atoms with Gasteiger partial charge in [-0.2, -0.15) is 0 Å². The number of pyridine rings is 1. The van der Waals surface area contributed by atoms with Gasteiger partial charge in [-0.05, 0) is 68.3 Å². The first kappa shape index (κ1) is 25.1. The minimum absolute atomic E-state index is 0.0547. The van der Waals surface area contributed by atoms with E-state index in [0.29, 0.717) is 19.7 Å². The second-order valence-electron chi connectivity index (χ2n) is 10.6. The Morgan fingerprint density at radius 3 is 2.89 bits per heavy atom. The van der Waals surface area contributed by atoms with E-state index in [-0.39, 0.29) is 18.9 Å². The molecule has 9 heteroatoms. The van der Waals surface area contributed by atoms with Gasteiger partial charge in [0.2, 0.25) is 5.92 Å². The van der Waals surface area contributed by atoms with E-state index >= 15 is 0 Å². The maximum Gasteiger partial charge on any atom is 0.323 e. The predicted molar refractivity (Wildman–Crippen MR) is 133 cm³/mol. The number of hydrogen-bond acceptors (Lipinski definition) is 6. The highest BCUT2D eigenvalue weighted by Gasteiger charge is 2.60. The number of aryl methyl sites for hydroxylation is 2. The molecule has 3 aliphatic heterocycles. The molecule has 1 saturated carbocycles. The number of alkyl halides is 2. The number of carboxylic acids is 1. The van der Waals surface area contributed by atoms with Crippen molar-refractivity contribution < 1.29 is 23.4 Å². The first-order valence-electron chi connectivity index (χ1n) is 13.2. The van der Waals surface area contributed by atoms with E-state index in [9.17, 15) is 18.7 Å². The number of aromatic nitrogens is 1. The van der Waals surface area contributed by atoms with Crippen LogP contribution in [0.25, 0.3) is 0 Å². The van der Waals surface area contributed by atoms with Gasteiger partial charge >= 0.3 is 5.97 Å². The molecule has 0 spiro atoms. The van der Waals surface area contributed by atoms with E-state index in [2.05, 4.69) is 22.8 Å². The molecule has 0 radical (unpaired) electrons. The zero-order valence-corrected chi connectivity index (χ0v) is 20.6. The van der Waals surface area contributed by atoms with Gasteiger partial charge in [-0.15, -0.1) is 0 Å². The second kappa shape index (κ2) is 10.5. The van der Waals surface area contributed by atoms with Crippen molar-refractivity contribution in [3.63, 3.8) is 0 Å². The number of carboxylic acid groups (broad SMARTS) is 1. The number of unbranched alkanes of at least 4 members (excludes halogenated alkanes) is 1. The summed E-state index contributed by atoms with van der Waals surface area (Å²) < 4.78 is 33.6. The van der Waals surface area contributed by atoms with Gasteiger partial charge < -0.3 is 20.5 Å². The first-order chi connectivity index (χ1) is 17.4. The standard InChI is InChI=1S/C27H36F2N4O3/c28-26(29)16-20(17-26)27(11-2-3-13-31-27)23(25(34)35)33-14-10-22(18-33)36-15-4-1-7-21-9-8-19-6-5-12-30-24(19)32-21/h2-3,8-9,11,13,20,22-23,31H,1,4-7,10,12,14-18H2,(H,30,32)(H,34,35)/t22-,23?,27?/m1/s1. The van der Waals surface area contributed by atoms with Crippen molar-refractivity contribution in [2.75, 3.05) is 31.6 Å². The van der Waals surface area contributed by atoms with Crippen molar-refractivity contribution >= 4 is 11.8 Å². The van der Waals surface area contributed by atoms with Gasteiger partial charge in [0.05, 0.1) is 11.6 Å². The molecule has 1 saturated heterocycles. The second-order valence-corrected chi connectivity index (χ2v) is 10.6. The topological polar surface area (TPSA) is 86.7 Å². The third kappa shape index (κ3) is 5.27. The molecular weight excluding hydrogens is 466 g/mol. The van der Waals surface area contributed by atoms with Crippen LogP contribution in [0.4, 0.5) is 14.6 Å². The highest BCUT2D eigenvalue weighted by atomic mass is 19.3. The summed E-state index contributed by atoms with van der Waals surface area (Å²) in [6.07, 6.45) is 12.1. The molecule has 1 aromatic rings. The van der Waals surface area contributed by atoms with E-state index in [1.54, 1.807) is 24.4 Å². The normalized spacial score (nSPS) is 28.1. The number of dihydropyridines is 1. The van der Waals surface area contributed by atoms with Gasteiger partial charge in [-0.3, -0.25) is 9.69 Å².